The Kier molecular flexibility index (Phi) is 7.78. The third-order valence-electron chi connectivity index (χ3n) is 2.99. The molecule has 20 heavy (non-hydrogen) atoms. The van der Waals surface area contributed by atoms with Crippen molar-refractivity contribution in [2.75, 3.05) is 20.3 Å². The number of ether oxygens (including phenoxy) is 2. The number of methoxy groups -OCH3 is 1. The van der Waals surface area contributed by atoms with Gasteiger partial charge in [-0.15, -0.1) is 0 Å². The summed E-state index contributed by atoms with van der Waals surface area (Å²) < 4.78 is 11.2. The second kappa shape index (κ2) is 9.09. The largest absolute Gasteiger partial charge is 0.493 e. The Labute approximate surface area is 127 Å². The van der Waals surface area contributed by atoms with E-state index in [9.17, 15) is 0 Å². The van der Waals surface area contributed by atoms with E-state index in [1.165, 1.54) is 0 Å². The minimum Gasteiger partial charge on any atom is -0.493 e. The monoisotopic (exact) mass is 299 g/mol. The lowest BCUT2D eigenvalue weighted by molar-refractivity contribution is 0.273. The van der Waals surface area contributed by atoms with E-state index >= 15 is 0 Å². The molecule has 1 aromatic carbocycles. The van der Waals surface area contributed by atoms with E-state index in [4.69, 9.17) is 21.1 Å². The van der Waals surface area contributed by atoms with Crippen LogP contribution in [0.2, 0.25) is 5.02 Å². The van der Waals surface area contributed by atoms with E-state index in [2.05, 4.69) is 26.1 Å². The van der Waals surface area contributed by atoms with E-state index < -0.39 is 0 Å². The summed E-state index contributed by atoms with van der Waals surface area (Å²) in [6.45, 7) is 8.92. The van der Waals surface area contributed by atoms with Crippen molar-refractivity contribution in [1.82, 2.24) is 5.32 Å². The van der Waals surface area contributed by atoms with Crippen LogP contribution in [-0.2, 0) is 6.54 Å². The minimum atomic E-state index is 0.609. The lowest BCUT2D eigenvalue weighted by atomic mass is 10.1. The number of rotatable bonds is 9. The topological polar surface area (TPSA) is 30.5 Å². The molecule has 4 heteroatoms. The fourth-order valence-corrected chi connectivity index (χ4v) is 2.11. The van der Waals surface area contributed by atoms with Crippen molar-refractivity contribution in [3.8, 4) is 11.5 Å². The van der Waals surface area contributed by atoms with Crippen LogP contribution in [0.1, 0.15) is 39.2 Å². The molecule has 0 radical (unpaired) electrons. The van der Waals surface area contributed by atoms with E-state index in [1.807, 2.05) is 12.1 Å². The molecule has 1 N–H and O–H groups in total. The maximum absolute atomic E-state index is 6.31. The molecule has 1 rings (SSSR count). The number of hydrogen-bond donors (Lipinski definition) is 1. The lowest BCUT2D eigenvalue weighted by Crippen LogP contribution is -2.14. The summed E-state index contributed by atoms with van der Waals surface area (Å²) in [6.07, 6.45) is 2.11. The van der Waals surface area contributed by atoms with Gasteiger partial charge in [0.05, 0.1) is 18.7 Å². The number of hydrogen-bond acceptors (Lipinski definition) is 3. The van der Waals surface area contributed by atoms with Gasteiger partial charge in [0.1, 0.15) is 0 Å². The third kappa shape index (κ3) is 5.59. The third-order valence-corrected chi connectivity index (χ3v) is 3.27. The van der Waals surface area contributed by atoms with Crippen LogP contribution in [0.3, 0.4) is 0 Å². The Balaban J connectivity index is 2.74. The highest BCUT2D eigenvalue weighted by Gasteiger charge is 2.12. The van der Waals surface area contributed by atoms with Gasteiger partial charge in [0.25, 0.3) is 0 Å². The zero-order valence-electron chi connectivity index (χ0n) is 13.0. The molecular weight excluding hydrogens is 274 g/mol. The number of nitrogens with one attached hydrogen (secondary N) is 1. The average Bonchev–Trinajstić information content (AvgIpc) is 2.40. The van der Waals surface area contributed by atoms with Gasteiger partial charge in [-0.2, -0.15) is 0 Å². The molecule has 0 saturated carbocycles. The molecule has 0 atom stereocenters. The van der Waals surface area contributed by atoms with Gasteiger partial charge in [-0.05, 0) is 43.0 Å². The summed E-state index contributed by atoms with van der Waals surface area (Å²) in [5.41, 5.74) is 1.11. The van der Waals surface area contributed by atoms with Crippen molar-refractivity contribution < 1.29 is 9.47 Å². The van der Waals surface area contributed by atoms with E-state index in [0.717, 1.165) is 31.5 Å². The Morgan fingerprint density at radius 1 is 1.30 bits per heavy atom. The normalized spacial score (nSPS) is 10.9. The van der Waals surface area contributed by atoms with Gasteiger partial charge in [0.2, 0.25) is 0 Å². The van der Waals surface area contributed by atoms with Gasteiger partial charge in [0.15, 0.2) is 11.5 Å². The molecule has 0 amide bonds. The molecule has 0 aliphatic carbocycles. The van der Waals surface area contributed by atoms with Crippen molar-refractivity contribution >= 4 is 11.6 Å². The zero-order chi connectivity index (χ0) is 15.0. The van der Waals surface area contributed by atoms with Crippen LogP contribution in [0.25, 0.3) is 0 Å². The summed E-state index contributed by atoms with van der Waals surface area (Å²) >= 11 is 6.31. The van der Waals surface area contributed by atoms with Gasteiger partial charge in [0, 0.05) is 6.54 Å². The summed E-state index contributed by atoms with van der Waals surface area (Å²) in [7, 11) is 1.64. The van der Waals surface area contributed by atoms with Gasteiger partial charge in [-0.25, -0.2) is 0 Å². The first kappa shape index (κ1) is 17.1. The van der Waals surface area contributed by atoms with Crippen molar-refractivity contribution in [3.63, 3.8) is 0 Å². The molecule has 1 aromatic rings. The van der Waals surface area contributed by atoms with Crippen LogP contribution in [0.4, 0.5) is 0 Å². The summed E-state index contributed by atoms with van der Waals surface area (Å²) in [5, 5.41) is 3.96. The predicted octanol–water partition coefficient (Wildman–Crippen LogP) is 4.27. The highest BCUT2D eigenvalue weighted by molar-refractivity contribution is 6.32. The molecule has 3 nitrogen and oxygen atoms in total. The van der Waals surface area contributed by atoms with Crippen LogP contribution < -0.4 is 14.8 Å². The van der Waals surface area contributed by atoms with E-state index in [-0.39, 0.29) is 0 Å². The summed E-state index contributed by atoms with van der Waals surface area (Å²) in [4.78, 5) is 0. The quantitative estimate of drug-likeness (QED) is 0.691. The lowest BCUT2D eigenvalue weighted by Gasteiger charge is -2.15. The molecule has 114 valence electrons. The highest BCUT2D eigenvalue weighted by atomic mass is 35.5. The smallest absolute Gasteiger partial charge is 0.179 e. The summed E-state index contributed by atoms with van der Waals surface area (Å²) in [6, 6.07) is 3.93. The summed E-state index contributed by atoms with van der Waals surface area (Å²) in [5.74, 6) is 1.96. The predicted molar refractivity (Wildman–Crippen MR) is 85.0 cm³/mol. The standard InChI is InChI=1S/C16H26ClNO2/c1-5-7-18-11-13-9-14(17)16(15(10-13)19-4)20-8-6-12(2)3/h9-10,12,18H,5-8,11H2,1-4H3. The van der Waals surface area contributed by atoms with Gasteiger partial charge in [-0.1, -0.05) is 32.4 Å². The first-order valence-corrected chi connectivity index (χ1v) is 7.66. The Morgan fingerprint density at radius 2 is 2.05 bits per heavy atom. The number of halogens is 1. The molecule has 0 spiro atoms. The Morgan fingerprint density at radius 3 is 2.65 bits per heavy atom. The van der Waals surface area contributed by atoms with Crippen LogP contribution in [0, 0.1) is 5.92 Å². The van der Waals surface area contributed by atoms with E-state index in [1.54, 1.807) is 7.11 Å². The van der Waals surface area contributed by atoms with Gasteiger partial charge < -0.3 is 14.8 Å². The zero-order valence-corrected chi connectivity index (χ0v) is 13.7. The molecule has 0 aliphatic rings. The maximum atomic E-state index is 6.31. The van der Waals surface area contributed by atoms with Crippen molar-refractivity contribution in [2.45, 2.75) is 40.2 Å². The molecular formula is C16H26ClNO2. The van der Waals surface area contributed by atoms with Gasteiger partial charge >= 0.3 is 0 Å². The fraction of sp³-hybridized carbons (Fsp3) is 0.625. The van der Waals surface area contributed by atoms with Crippen LogP contribution >= 0.6 is 11.6 Å². The Hall–Kier alpha value is -0.930. The molecule has 0 aliphatic heterocycles. The maximum Gasteiger partial charge on any atom is 0.179 e. The van der Waals surface area contributed by atoms with Crippen molar-refractivity contribution in [2.24, 2.45) is 5.92 Å². The highest BCUT2D eigenvalue weighted by Crippen LogP contribution is 2.36. The Bertz CT molecular complexity index is 408. The molecule has 0 fully saturated rings. The fourth-order valence-electron chi connectivity index (χ4n) is 1.82. The number of benzene rings is 1. The van der Waals surface area contributed by atoms with Crippen molar-refractivity contribution in [1.29, 1.82) is 0 Å². The van der Waals surface area contributed by atoms with Crippen LogP contribution in [-0.4, -0.2) is 20.3 Å². The van der Waals surface area contributed by atoms with Gasteiger partial charge in [-0.3, -0.25) is 0 Å². The molecule has 0 bridgehead atoms. The average molecular weight is 300 g/mol. The van der Waals surface area contributed by atoms with Crippen LogP contribution in [0.15, 0.2) is 12.1 Å². The molecule has 0 aromatic heterocycles. The second-order valence-electron chi connectivity index (χ2n) is 5.32. The molecule has 0 saturated heterocycles. The SMILES string of the molecule is CCCNCc1cc(Cl)c(OCCC(C)C)c(OC)c1. The first-order chi connectivity index (χ1) is 9.58. The van der Waals surface area contributed by atoms with Crippen molar-refractivity contribution in [3.05, 3.63) is 22.7 Å². The van der Waals surface area contributed by atoms with E-state index in [0.29, 0.717) is 29.0 Å². The minimum absolute atomic E-state index is 0.609. The molecule has 0 unspecified atom stereocenters. The second-order valence-corrected chi connectivity index (χ2v) is 5.72. The van der Waals surface area contributed by atoms with Crippen LogP contribution in [0.5, 0.6) is 11.5 Å². The molecule has 0 heterocycles. The first-order valence-electron chi connectivity index (χ1n) is 7.28.